The van der Waals surface area contributed by atoms with Crippen molar-refractivity contribution in [2.75, 3.05) is 12.8 Å². The Hall–Kier alpha value is -0.680. The number of hydrogen-bond donors (Lipinski definition) is 1. The molecule has 5 heteroatoms. The van der Waals surface area contributed by atoms with Gasteiger partial charge in [0.15, 0.2) is 0 Å². The van der Waals surface area contributed by atoms with Crippen LogP contribution in [0.1, 0.15) is 5.56 Å². The van der Waals surface area contributed by atoms with E-state index in [1.54, 1.807) is 0 Å². The summed E-state index contributed by atoms with van der Waals surface area (Å²) in [5, 5.41) is 2.38. The quantitative estimate of drug-likeness (QED) is 0.805. The summed E-state index contributed by atoms with van der Waals surface area (Å²) < 4.78 is 35.6. The fourth-order valence-corrected chi connectivity index (χ4v) is 1.80. The van der Waals surface area contributed by atoms with Gasteiger partial charge in [0.25, 0.3) is 0 Å². The molecule has 0 aliphatic carbocycles. The lowest BCUT2D eigenvalue weighted by Gasteiger charge is -2.10. The minimum atomic E-state index is -4.14. The van der Waals surface area contributed by atoms with Crippen LogP contribution >= 0.6 is 11.8 Å². The van der Waals surface area contributed by atoms with E-state index in [0.717, 1.165) is 10.5 Å². The fourth-order valence-electron chi connectivity index (χ4n) is 1.19. The Kier molecular flexibility index (Phi) is 4.47. The van der Waals surface area contributed by atoms with Gasteiger partial charge in [0.2, 0.25) is 0 Å². The molecule has 1 nitrogen and oxygen atoms in total. The molecule has 1 rings (SSSR count). The van der Waals surface area contributed by atoms with Crippen LogP contribution < -0.4 is 5.32 Å². The van der Waals surface area contributed by atoms with Crippen molar-refractivity contribution in [2.45, 2.75) is 17.6 Å². The Morgan fingerprint density at radius 1 is 1.27 bits per heavy atom. The van der Waals surface area contributed by atoms with Crippen molar-refractivity contribution in [3.05, 3.63) is 29.8 Å². The molecule has 1 aromatic carbocycles. The summed E-state index contributed by atoms with van der Waals surface area (Å²) >= 11 is 1.53. The minimum Gasteiger partial charge on any atom is -0.305 e. The van der Waals surface area contributed by atoms with Gasteiger partial charge >= 0.3 is 6.18 Å². The molecule has 0 aromatic heterocycles. The van der Waals surface area contributed by atoms with Crippen molar-refractivity contribution in [2.24, 2.45) is 0 Å². The molecule has 0 unspecified atom stereocenters. The van der Waals surface area contributed by atoms with Gasteiger partial charge in [-0.1, -0.05) is 18.2 Å². The van der Waals surface area contributed by atoms with Gasteiger partial charge in [-0.05, 0) is 17.9 Å². The van der Waals surface area contributed by atoms with Crippen molar-refractivity contribution in [3.8, 4) is 0 Å². The molecule has 0 aliphatic heterocycles. The molecule has 0 saturated heterocycles. The SMILES string of the molecule is CSc1ccccc1CNCC(F)(F)F. The summed E-state index contributed by atoms with van der Waals surface area (Å²) in [5.41, 5.74) is 0.897. The van der Waals surface area contributed by atoms with Gasteiger partial charge in [0, 0.05) is 11.4 Å². The number of alkyl halides is 3. The average Bonchev–Trinajstić information content (AvgIpc) is 2.16. The van der Waals surface area contributed by atoms with Crippen LogP contribution in [0.4, 0.5) is 13.2 Å². The van der Waals surface area contributed by atoms with Crippen molar-refractivity contribution < 1.29 is 13.2 Å². The van der Waals surface area contributed by atoms with Gasteiger partial charge in [0.1, 0.15) is 0 Å². The highest BCUT2D eigenvalue weighted by atomic mass is 32.2. The molecular weight excluding hydrogens is 223 g/mol. The zero-order valence-corrected chi connectivity index (χ0v) is 9.08. The Labute approximate surface area is 91.1 Å². The van der Waals surface area contributed by atoms with Crippen LogP contribution in [0.3, 0.4) is 0 Å². The average molecular weight is 235 g/mol. The van der Waals surface area contributed by atoms with Crippen LogP contribution in [0.5, 0.6) is 0 Å². The summed E-state index contributed by atoms with van der Waals surface area (Å²) in [6, 6.07) is 7.42. The van der Waals surface area contributed by atoms with E-state index in [0.29, 0.717) is 0 Å². The third kappa shape index (κ3) is 4.57. The molecule has 0 bridgehead atoms. The number of nitrogens with one attached hydrogen (secondary N) is 1. The lowest BCUT2D eigenvalue weighted by molar-refractivity contribution is -0.125. The largest absolute Gasteiger partial charge is 0.401 e. The van der Waals surface area contributed by atoms with Crippen LogP contribution in [-0.2, 0) is 6.54 Å². The normalized spacial score (nSPS) is 11.7. The maximum absolute atomic E-state index is 11.9. The van der Waals surface area contributed by atoms with E-state index in [2.05, 4.69) is 5.32 Å². The molecule has 0 heterocycles. The molecule has 0 spiro atoms. The van der Waals surface area contributed by atoms with E-state index < -0.39 is 12.7 Å². The standard InChI is InChI=1S/C10H12F3NS/c1-15-9-5-3-2-4-8(9)6-14-7-10(11,12)13/h2-5,14H,6-7H2,1H3. The van der Waals surface area contributed by atoms with E-state index in [-0.39, 0.29) is 6.54 Å². The van der Waals surface area contributed by atoms with E-state index >= 15 is 0 Å². The van der Waals surface area contributed by atoms with Gasteiger partial charge in [-0.25, -0.2) is 0 Å². The van der Waals surface area contributed by atoms with Crippen LogP contribution in [0, 0.1) is 0 Å². The van der Waals surface area contributed by atoms with Gasteiger partial charge < -0.3 is 5.32 Å². The second kappa shape index (κ2) is 5.42. The number of thioether (sulfide) groups is 1. The zero-order valence-electron chi connectivity index (χ0n) is 8.27. The molecule has 0 saturated carbocycles. The number of rotatable bonds is 4. The molecule has 1 aromatic rings. The first-order valence-electron chi connectivity index (χ1n) is 4.42. The minimum absolute atomic E-state index is 0.247. The summed E-state index contributed by atoms with van der Waals surface area (Å²) in [6.45, 7) is -0.702. The molecule has 0 fully saturated rings. The first kappa shape index (κ1) is 12.4. The molecule has 0 aliphatic rings. The lowest BCUT2D eigenvalue weighted by atomic mass is 10.2. The highest BCUT2D eigenvalue weighted by Crippen LogP contribution is 2.20. The Balaban J connectivity index is 2.50. The lowest BCUT2D eigenvalue weighted by Crippen LogP contribution is -2.28. The van der Waals surface area contributed by atoms with Crippen LogP contribution in [0.25, 0.3) is 0 Å². The van der Waals surface area contributed by atoms with E-state index in [1.165, 1.54) is 11.8 Å². The molecular formula is C10H12F3NS. The highest BCUT2D eigenvalue weighted by Gasteiger charge is 2.26. The van der Waals surface area contributed by atoms with Gasteiger partial charge in [-0.15, -0.1) is 11.8 Å². The van der Waals surface area contributed by atoms with Crippen molar-refractivity contribution >= 4 is 11.8 Å². The molecule has 15 heavy (non-hydrogen) atoms. The summed E-state index contributed by atoms with van der Waals surface area (Å²) in [4.78, 5) is 1.01. The van der Waals surface area contributed by atoms with Gasteiger partial charge in [-0.3, -0.25) is 0 Å². The van der Waals surface area contributed by atoms with Crippen molar-refractivity contribution in [1.82, 2.24) is 5.32 Å². The number of halogens is 3. The molecule has 1 N–H and O–H groups in total. The Morgan fingerprint density at radius 2 is 1.93 bits per heavy atom. The molecule has 84 valence electrons. The monoisotopic (exact) mass is 235 g/mol. The second-order valence-corrected chi connectivity index (χ2v) is 3.88. The predicted molar refractivity (Wildman–Crippen MR) is 56.0 cm³/mol. The topological polar surface area (TPSA) is 12.0 Å². The van der Waals surface area contributed by atoms with Gasteiger partial charge in [0.05, 0.1) is 6.54 Å². The van der Waals surface area contributed by atoms with Gasteiger partial charge in [-0.2, -0.15) is 13.2 Å². The summed E-state index contributed by atoms with van der Waals surface area (Å²) in [6.07, 6.45) is -2.24. The number of benzene rings is 1. The number of hydrogen-bond acceptors (Lipinski definition) is 2. The molecule has 0 atom stereocenters. The fraction of sp³-hybridized carbons (Fsp3) is 0.400. The second-order valence-electron chi connectivity index (χ2n) is 3.03. The predicted octanol–water partition coefficient (Wildman–Crippen LogP) is 3.06. The van der Waals surface area contributed by atoms with Crippen LogP contribution in [0.2, 0.25) is 0 Å². The first-order chi connectivity index (χ1) is 7.03. The van der Waals surface area contributed by atoms with E-state index in [4.69, 9.17) is 0 Å². The van der Waals surface area contributed by atoms with Crippen LogP contribution in [-0.4, -0.2) is 19.0 Å². The van der Waals surface area contributed by atoms with E-state index in [1.807, 2.05) is 30.5 Å². The Morgan fingerprint density at radius 3 is 2.53 bits per heavy atom. The molecule has 0 radical (unpaired) electrons. The smallest absolute Gasteiger partial charge is 0.305 e. The third-order valence-electron chi connectivity index (χ3n) is 1.83. The molecule has 0 amide bonds. The Bertz CT molecular complexity index is 312. The third-order valence-corrected chi connectivity index (χ3v) is 2.67. The maximum Gasteiger partial charge on any atom is 0.401 e. The maximum atomic E-state index is 11.9. The summed E-state index contributed by atoms with van der Waals surface area (Å²) in [7, 11) is 0. The summed E-state index contributed by atoms with van der Waals surface area (Å²) in [5.74, 6) is 0. The first-order valence-corrected chi connectivity index (χ1v) is 5.65. The highest BCUT2D eigenvalue weighted by molar-refractivity contribution is 7.98. The van der Waals surface area contributed by atoms with Crippen molar-refractivity contribution in [1.29, 1.82) is 0 Å². The van der Waals surface area contributed by atoms with Crippen molar-refractivity contribution in [3.63, 3.8) is 0 Å². The van der Waals surface area contributed by atoms with E-state index in [9.17, 15) is 13.2 Å². The van der Waals surface area contributed by atoms with Crippen LogP contribution in [0.15, 0.2) is 29.2 Å². The zero-order chi connectivity index (χ0) is 11.3.